The van der Waals surface area contributed by atoms with Gasteiger partial charge in [0.1, 0.15) is 29.8 Å². The van der Waals surface area contributed by atoms with Gasteiger partial charge in [-0.2, -0.15) is 5.10 Å². The van der Waals surface area contributed by atoms with Crippen LogP contribution >= 0.6 is 0 Å². The van der Waals surface area contributed by atoms with Crippen molar-refractivity contribution in [2.75, 3.05) is 5.32 Å². The van der Waals surface area contributed by atoms with Crippen LogP contribution in [-0.2, 0) is 14.1 Å². The van der Waals surface area contributed by atoms with Gasteiger partial charge >= 0.3 is 0 Å². The zero-order chi connectivity index (χ0) is 17.4. The van der Waals surface area contributed by atoms with E-state index in [1.165, 1.54) is 18.5 Å². The molecule has 0 bridgehead atoms. The third-order valence-electron chi connectivity index (χ3n) is 4.13. The van der Waals surface area contributed by atoms with Gasteiger partial charge in [0.15, 0.2) is 5.65 Å². The molecule has 1 atom stereocenters. The number of aromatic nitrogens is 6. The minimum atomic E-state index is -0.293. The predicted molar refractivity (Wildman–Crippen MR) is 91.4 cm³/mol. The number of hydrogen-bond acceptors (Lipinski definition) is 5. The highest BCUT2D eigenvalue weighted by Gasteiger charge is 2.20. The van der Waals surface area contributed by atoms with Crippen LogP contribution in [0.4, 0.5) is 10.2 Å². The van der Waals surface area contributed by atoms with Crippen LogP contribution in [0.1, 0.15) is 17.4 Å². The van der Waals surface area contributed by atoms with Crippen molar-refractivity contribution in [2.24, 2.45) is 14.1 Å². The molecule has 0 fully saturated rings. The van der Waals surface area contributed by atoms with Gasteiger partial charge in [0.05, 0.1) is 11.6 Å². The SMILES string of the molecule is Cn1ccnc1[C@H](Nc1ncnc2c1cnn2C)c1ccc(F)cc1. The van der Waals surface area contributed by atoms with Gasteiger partial charge in [0.2, 0.25) is 0 Å². The molecule has 0 amide bonds. The zero-order valence-electron chi connectivity index (χ0n) is 13.8. The van der Waals surface area contributed by atoms with Crippen LogP contribution in [-0.4, -0.2) is 29.3 Å². The van der Waals surface area contributed by atoms with Crippen molar-refractivity contribution in [2.45, 2.75) is 6.04 Å². The molecule has 0 saturated heterocycles. The van der Waals surface area contributed by atoms with Crippen molar-refractivity contribution in [1.82, 2.24) is 29.3 Å². The number of hydrogen-bond donors (Lipinski definition) is 1. The second-order valence-corrected chi connectivity index (χ2v) is 5.75. The van der Waals surface area contributed by atoms with E-state index in [1.807, 2.05) is 24.9 Å². The molecule has 0 aliphatic carbocycles. The van der Waals surface area contributed by atoms with Crippen molar-refractivity contribution in [1.29, 1.82) is 0 Å². The molecule has 1 aromatic carbocycles. The van der Waals surface area contributed by atoms with Crippen molar-refractivity contribution in [3.8, 4) is 0 Å². The summed E-state index contributed by atoms with van der Waals surface area (Å²) in [6, 6.07) is 6.06. The highest BCUT2D eigenvalue weighted by molar-refractivity contribution is 5.86. The molecule has 8 heteroatoms. The fraction of sp³-hybridized carbons (Fsp3) is 0.176. The van der Waals surface area contributed by atoms with E-state index in [9.17, 15) is 4.39 Å². The maximum absolute atomic E-state index is 13.3. The van der Waals surface area contributed by atoms with Crippen LogP contribution in [0.2, 0.25) is 0 Å². The Morgan fingerprint density at radius 1 is 1.08 bits per heavy atom. The molecule has 0 unspecified atom stereocenters. The van der Waals surface area contributed by atoms with E-state index >= 15 is 0 Å². The molecule has 25 heavy (non-hydrogen) atoms. The van der Waals surface area contributed by atoms with Gasteiger partial charge in [-0.1, -0.05) is 12.1 Å². The average Bonchev–Trinajstić information content (AvgIpc) is 3.20. The molecule has 3 heterocycles. The number of nitrogens with one attached hydrogen (secondary N) is 1. The van der Waals surface area contributed by atoms with E-state index < -0.39 is 0 Å². The van der Waals surface area contributed by atoms with Gasteiger partial charge in [-0.3, -0.25) is 4.68 Å². The van der Waals surface area contributed by atoms with E-state index in [1.54, 1.807) is 29.2 Å². The summed E-state index contributed by atoms with van der Waals surface area (Å²) >= 11 is 0. The first-order valence-corrected chi connectivity index (χ1v) is 7.75. The second-order valence-electron chi connectivity index (χ2n) is 5.75. The first-order chi connectivity index (χ1) is 12.1. The number of benzene rings is 1. The minimum absolute atomic E-state index is 0.279. The number of anilines is 1. The Kier molecular flexibility index (Phi) is 3.64. The van der Waals surface area contributed by atoms with E-state index in [0.29, 0.717) is 5.82 Å². The monoisotopic (exact) mass is 337 g/mol. The Bertz CT molecular complexity index is 1020. The Hall–Kier alpha value is -3.29. The van der Waals surface area contributed by atoms with E-state index in [0.717, 1.165) is 22.4 Å². The first kappa shape index (κ1) is 15.3. The van der Waals surface area contributed by atoms with Crippen LogP contribution in [0.3, 0.4) is 0 Å². The summed E-state index contributed by atoms with van der Waals surface area (Å²) < 4.78 is 16.9. The Morgan fingerprint density at radius 2 is 1.88 bits per heavy atom. The molecular formula is C17H16FN7. The molecular weight excluding hydrogens is 321 g/mol. The smallest absolute Gasteiger partial charge is 0.163 e. The minimum Gasteiger partial charge on any atom is -0.356 e. The van der Waals surface area contributed by atoms with Crippen LogP contribution in [0.25, 0.3) is 11.0 Å². The lowest BCUT2D eigenvalue weighted by molar-refractivity contribution is 0.626. The van der Waals surface area contributed by atoms with Crippen LogP contribution in [0.15, 0.2) is 49.2 Å². The average molecular weight is 337 g/mol. The lowest BCUT2D eigenvalue weighted by atomic mass is 10.1. The highest BCUT2D eigenvalue weighted by atomic mass is 19.1. The zero-order valence-corrected chi connectivity index (χ0v) is 13.8. The third kappa shape index (κ3) is 2.71. The summed E-state index contributed by atoms with van der Waals surface area (Å²) in [5.41, 5.74) is 1.61. The molecule has 126 valence electrons. The summed E-state index contributed by atoms with van der Waals surface area (Å²) in [5, 5.41) is 8.45. The summed E-state index contributed by atoms with van der Waals surface area (Å²) in [6.07, 6.45) is 6.81. The van der Waals surface area contributed by atoms with Gasteiger partial charge in [-0.05, 0) is 17.7 Å². The van der Waals surface area contributed by atoms with Gasteiger partial charge in [-0.15, -0.1) is 0 Å². The Labute approximate surface area is 143 Å². The Morgan fingerprint density at radius 3 is 2.60 bits per heavy atom. The maximum atomic E-state index is 13.3. The van der Waals surface area contributed by atoms with Gasteiger partial charge in [0, 0.05) is 26.5 Å². The molecule has 0 spiro atoms. The molecule has 0 aliphatic heterocycles. The van der Waals surface area contributed by atoms with Crippen LogP contribution < -0.4 is 5.32 Å². The van der Waals surface area contributed by atoms with Crippen LogP contribution in [0.5, 0.6) is 0 Å². The molecule has 0 radical (unpaired) electrons. The number of rotatable bonds is 4. The number of nitrogens with zero attached hydrogens (tertiary/aromatic N) is 6. The summed E-state index contributed by atoms with van der Waals surface area (Å²) in [4.78, 5) is 13.0. The van der Waals surface area contributed by atoms with Gasteiger partial charge < -0.3 is 9.88 Å². The standard InChI is InChI=1S/C17H16FN7/c1-24-8-7-19-17(24)14(11-3-5-12(18)6-4-11)23-15-13-9-22-25(2)16(13)21-10-20-15/h3-10,14H,1-2H3,(H,20,21,23)/t14-/m1/s1. The van der Waals surface area contributed by atoms with Crippen LogP contribution in [0, 0.1) is 5.82 Å². The topological polar surface area (TPSA) is 73.5 Å². The third-order valence-corrected chi connectivity index (χ3v) is 4.13. The molecule has 4 rings (SSSR count). The normalized spacial score (nSPS) is 12.4. The van der Waals surface area contributed by atoms with Crippen molar-refractivity contribution in [3.63, 3.8) is 0 Å². The fourth-order valence-corrected chi connectivity index (χ4v) is 2.82. The number of halogens is 1. The molecule has 0 saturated carbocycles. The fourth-order valence-electron chi connectivity index (χ4n) is 2.82. The largest absolute Gasteiger partial charge is 0.356 e. The highest BCUT2D eigenvalue weighted by Crippen LogP contribution is 2.28. The molecule has 4 aromatic rings. The maximum Gasteiger partial charge on any atom is 0.163 e. The number of fused-ring (bicyclic) bond motifs is 1. The quantitative estimate of drug-likeness (QED) is 0.619. The summed E-state index contributed by atoms with van der Waals surface area (Å²) in [7, 11) is 3.75. The van der Waals surface area contributed by atoms with E-state index in [-0.39, 0.29) is 11.9 Å². The summed E-state index contributed by atoms with van der Waals surface area (Å²) in [6.45, 7) is 0. The number of aryl methyl sites for hydroxylation is 2. The van der Waals surface area contributed by atoms with E-state index in [2.05, 4.69) is 25.4 Å². The molecule has 1 N–H and O–H groups in total. The first-order valence-electron chi connectivity index (χ1n) is 7.75. The Balaban J connectivity index is 1.81. The summed E-state index contributed by atoms with van der Waals surface area (Å²) in [5.74, 6) is 1.16. The number of imidazole rings is 1. The lowest BCUT2D eigenvalue weighted by Gasteiger charge is -2.20. The predicted octanol–water partition coefficient (Wildman–Crippen LogP) is 2.44. The molecule has 0 aliphatic rings. The molecule has 7 nitrogen and oxygen atoms in total. The van der Waals surface area contributed by atoms with Gasteiger partial charge in [-0.25, -0.2) is 19.3 Å². The van der Waals surface area contributed by atoms with Crippen molar-refractivity contribution >= 4 is 16.9 Å². The van der Waals surface area contributed by atoms with Gasteiger partial charge in [0.25, 0.3) is 0 Å². The second kappa shape index (κ2) is 5.97. The van der Waals surface area contributed by atoms with Crippen molar-refractivity contribution < 1.29 is 4.39 Å². The van der Waals surface area contributed by atoms with E-state index in [4.69, 9.17) is 0 Å². The lowest BCUT2D eigenvalue weighted by Crippen LogP contribution is -2.17. The molecule has 3 aromatic heterocycles. The van der Waals surface area contributed by atoms with Crippen molar-refractivity contribution in [3.05, 3.63) is 66.4 Å².